The number of fused-ring (bicyclic) bond motifs is 8. The fourth-order valence-corrected chi connectivity index (χ4v) is 8.01. The second-order valence-corrected chi connectivity index (χ2v) is 14.1. The predicted molar refractivity (Wildman–Crippen MR) is 232 cm³/mol. The van der Waals surface area contributed by atoms with E-state index in [9.17, 15) is 11.0 Å². The van der Waals surface area contributed by atoms with Gasteiger partial charge in [-0.1, -0.05) is 159 Å². The van der Waals surface area contributed by atoms with Gasteiger partial charge in [0.05, 0.1) is 21.9 Å². The van der Waals surface area contributed by atoms with Crippen LogP contribution < -0.4 is 4.90 Å². The van der Waals surface area contributed by atoms with Gasteiger partial charge in [0.25, 0.3) is 0 Å². The zero-order valence-corrected chi connectivity index (χ0v) is 29.5. The normalized spacial score (nSPS) is 17.1. The lowest BCUT2D eigenvalue weighted by Gasteiger charge is -2.28. The molecule has 1 aromatic heterocycles. The Morgan fingerprint density at radius 3 is 2.13 bits per heavy atom. The molecule has 1 heterocycles. The van der Waals surface area contributed by atoms with Crippen LogP contribution in [0.2, 0.25) is 0 Å². The van der Waals surface area contributed by atoms with Gasteiger partial charge in [0.1, 0.15) is 11.2 Å². The van der Waals surface area contributed by atoms with Crippen LogP contribution in [0.4, 0.5) is 17.1 Å². The summed E-state index contributed by atoms with van der Waals surface area (Å²) in [5.74, 6) is 0. The molecule has 1 aliphatic rings. The quantitative estimate of drug-likeness (QED) is 0.176. The highest BCUT2D eigenvalue weighted by atomic mass is 16.3. The van der Waals surface area contributed by atoms with Crippen molar-refractivity contribution in [2.45, 2.75) is 19.3 Å². The number of para-hydroxylation sites is 2. The predicted octanol–water partition coefficient (Wildman–Crippen LogP) is 15.0. The number of rotatable bonds is 5. The molecule has 260 valence electrons. The Morgan fingerprint density at radius 2 is 1.22 bits per heavy atom. The topological polar surface area (TPSA) is 16.4 Å². The minimum atomic E-state index is -0.800. The van der Waals surface area contributed by atoms with Crippen LogP contribution in [0.1, 0.15) is 46.9 Å². The van der Waals surface area contributed by atoms with E-state index in [1.54, 1.807) is 4.90 Å². The molecule has 0 spiro atoms. The van der Waals surface area contributed by atoms with Gasteiger partial charge in [-0.25, -0.2) is 0 Å². The summed E-state index contributed by atoms with van der Waals surface area (Å²) in [6.45, 7) is 4.22. The minimum absolute atomic E-state index is 0.0390. The highest BCUT2D eigenvalue weighted by Gasteiger charge is 2.35. The SMILES string of the molecule is [2H]c1cc2c(oc3c(-c4c(-c5c([2H])c([2H])c(N(c6ccc7c(c6)C(C)(C)c6ccccc6-7)c6ccc7ccccc7c6)c([2H])c5[2H])c([2H])c([2H])c5c([2H])c([2H])c([2H])c([2H])c45)c([2H])c([2H])c([2H])c32)c([2H])c1[2H]. The van der Waals surface area contributed by atoms with E-state index in [2.05, 4.69) is 26.0 Å². The molecule has 11 rings (SSSR count). The Balaban J connectivity index is 1.27. The van der Waals surface area contributed by atoms with Crippen molar-refractivity contribution in [3.05, 3.63) is 199 Å². The molecule has 0 atom stereocenters. The van der Waals surface area contributed by atoms with E-state index in [0.29, 0.717) is 11.4 Å². The van der Waals surface area contributed by atoms with E-state index in [0.717, 1.165) is 33.0 Å². The average Bonchev–Trinajstić information content (AvgIpc) is 3.84. The smallest absolute Gasteiger partial charge is 0.143 e. The highest BCUT2D eigenvalue weighted by Crippen LogP contribution is 2.51. The first-order chi connectivity index (χ1) is 33.7. The minimum Gasteiger partial charge on any atom is -0.455 e. The number of anilines is 3. The summed E-state index contributed by atoms with van der Waals surface area (Å²) in [7, 11) is 0. The van der Waals surface area contributed by atoms with E-state index in [1.807, 2.05) is 72.8 Å². The summed E-state index contributed by atoms with van der Waals surface area (Å²) in [6.07, 6.45) is 0. The molecule has 2 heteroatoms. The lowest BCUT2D eigenvalue weighted by atomic mass is 9.82. The van der Waals surface area contributed by atoms with Gasteiger partial charge in [0, 0.05) is 44.4 Å². The molecule has 0 unspecified atom stereocenters. The molecule has 0 amide bonds. The summed E-state index contributed by atoms with van der Waals surface area (Å²) in [6, 6.07) is 17.6. The number of hydrogen-bond acceptors (Lipinski definition) is 2. The van der Waals surface area contributed by atoms with Crippen molar-refractivity contribution in [2.75, 3.05) is 4.90 Å². The van der Waals surface area contributed by atoms with Crippen molar-refractivity contribution in [3.8, 4) is 33.4 Å². The molecule has 0 aliphatic heterocycles. The van der Waals surface area contributed by atoms with Crippen molar-refractivity contribution in [1.29, 1.82) is 0 Å². The van der Waals surface area contributed by atoms with Crippen molar-refractivity contribution in [1.82, 2.24) is 0 Å². The van der Waals surface area contributed by atoms with Gasteiger partial charge in [-0.15, -0.1) is 0 Å². The van der Waals surface area contributed by atoms with Gasteiger partial charge >= 0.3 is 0 Å². The summed E-state index contributed by atoms with van der Waals surface area (Å²) in [4.78, 5) is 1.64. The van der Waals surface area contributed by atoms with E-state index in [4.69, 9.17) is 15.4 Å². The first-order valence-electron chi connectivity index (χ1n) is 25.8. The molecule has 55 heavy (non-hydrogen) atoms. The highest BCUT2D eigenvalue weighted by molar-refractivity contribution is 6.14. The second-order valence-electron chi connectivity index (χ2n) is 14.1. The molecule has 0 fully saturated rings. The second kappa shape index (κ2) is 12.1. The third-order valence-electron chi connectivity index (χ3n) is 10.7. The van der Waals surface area contributed by atoms with Gasteiger partial charge < -0.3 is 9.32 Å². The largest absolute Gasteiger partial charge is 0.455 e. The molecule has 2 nitrogen and oxygen atoms in total. The Labute approximate surface area is 343 Å². The lowest BCUT2D eigenvalue weighted by molar-refractivity contribution is 0.660. The van der Waals surface area contributed by atoms with Crippen LogP contribution in [0, 0.1) is 0 Å². The van der Waals surface area contributed by atoms with Crippen molar-refractivity contribution in [2.24, 2.45) is 0 Å². The van der Waals surface area contributed by atoms with Crippen LogP contribution in [0.15, 0.2) is 192 Å². The molecule has 10 aromatic rings. The number of furan rings is 1. The summed E-state index contributed by atoms with van der Waals surface area (Å²) >= 11 is 0. The molecule has 0 bridgehead atoms. The van der Waals surface area contributed by atoms with Crippen LogP contribution in [0.25, 0.3) is 76.9 Å². The summed E-state index contributed by atoms with van der Waals surface area (Å²) in [5, 5.41) is 0.559. The Hall–Kier alpha value is -6.90. The summed E-state index contributed by atoms with van der Waals surface area (Å²) < 4.78 is 153. The zero-order valence-electron chi connectivity index (χ0n) is 45.5. The van der Waals surface area contributed by atoms with Crippen LogP contribution in [0.3, 0.4) is 0 Å². The third kappa shape index (κ3) is 4.88. The number of benzene rings is 9. The standard InChI is InChI=1S/C53H37NO/c1-53(2)48-20-9-7-16-43(48)44-31-29-40(33-49(44)53)54(39-28-22-34-12-3-4-14-37(34)32-39)38-26-23-36(24-27-38)42-30-25-35-13-5-6-15-41(35)51(42)47-19-11-18-46-45-17-8-10-21-50(45)55-52(46)47/h3-33H,1-2H3/i5D,6D,8D,10D,11D,13D,15D,18D,19D,21D,23D,24D,25D,26D,27D,30D. The van der Waals surface area contributed by atoms with Gasteiger partial charge in [-0.05, 0) is 97.3 Å². The van der Waals surface area contributed by atoms with Gasteiger partial charge in [0.15, 0.2) is 0 Å². The maximum absolute atomic E-state index is 9.90. The molecule has 0 saturated heterocycles. The first-order valence-corrected chi connectivity index (χ1v) is 17.8. The summed E-state index contributed by atoms with van der Waals surface area (Å²) in [5.41, 5.74) is 1.76. The lowest BCUT2D eigenvalue weighted by Crippen LogP contribution is -2.16. The van der Waals surface area contributed by atoms with Crippen LogP contribution in [-0.4, -0.2) is 0 Å². The van der Waals surface area contributed by atoms with Crippen molar-refractivity contribution >= 4 is 60.5 Å². The fourth-order valence-electron chi connectivity index (χ4n) is 8.01. The van der Waals surface area contributed by atoms with Gasteiger partial charge in [0.2, 0.25) is 0 Å². The zero-order chi connectivity index (χ0) is 50.6. The molecule has 9 aromatic carbocycles. The first kappa shape index (κ1) is 19.4. The van der Waals surface area contributed by atoms with Gasteiger partial charge in [-0.3, -0.25) is 0 Å². The van der Waals surface area contributed by atoms with Crippen molar-refractivity contribution in [3.63, 3.8) is 0 Å². The molecule has 0 radical (unpaired) electrons. The molecular formula is C53H37NO. The van der Waals surface area contributed by atoms with Crippen molar-refractivity contribution < 1.29 is 26.3 Å². The Bertz CT molecular complexity index is 4040. The number of nitrogens with zero attached hydrogens (tertiary/aromatic N) is 1. The maximum Gasteiger partial charge on any atom is 0.143 e. The maximum atomic E-state index is 9.90. The Morgan fingerprint density at radius 1 is 0.473 bits per heavy atom. The molecule has 0 saturated carbocycles. The molecular weight excluding hydrogens is 667 g/mol. The van der Waals surface area contributed by atoms with Crippen LogP contribution >= 0.6 is 0 Å². The molecule has 1 aliphatic carbocycles. The average molecular weight is 720 g/mol. The van der Waals surface area contributed by atoms with Crippen LogP contribution in [0.5, 0.6) is 0 Å². The molecule has 0 N–H and O–H groups in total. The van der Waals surface area contributed by atoms with E-state index in [-0.39, 0.29) is 22.0 Å². The fraction of sp³-hybridized carbons (Fsp3) is 0.0566. The Kier molecular flexibility index (Phi) is 4.26. The van der Waals surface area contributed by atoms with Gasteiger partial charge in [-0.2, -0.15) is 0 Å². The van der Waals surface area contributed by atoms with Crippen LogP contribution in [-0.2, 0) is 5.41 Å². The van der Waals surface area contributed by atoms with E-state index >= 15 is 0 Å². The third-order valence-corrected chi connectivity index (χ3v) is 10.7. The van der Waals surface area contributed by atoms with E-state index < -0.39 is 141 Å². The van der Waals surface area contributed by atoms with E-state index in [1.165, 1.54) is 6.07 Å². The monoisotopic (exact) mass is 719 g/mol. The number of hydrogen-bond donors (Lipinski definition) is 0.